The van der Waals surface area contributed by atoms with Gasteiger partial charge in [0.1, 0.15) is 30.4 Å². The molecular formula is C26H37BrF2N2O3SSi. The highest BCUT2D eigenvalue weighted by Gasteiger charge is 2.54. The summed E-state index contributed by atoms with van der Waals surface area (Å²) in [6.45, 7) is 14.8. The number of hydrogen-bond acceptors (Lipinski definition) is 5. The van der Waals surface area contributed by atoms with E-state index in [2.05, 4.69) is 41.5 Å². The van der Waals surface area contributed by atoms with Crippen LogP contribution in [0, 0.1) is 24.1 Å². The van der Waals surface area contributed by atoms with Gasteiger partial charge in [0.05, 0.1) is 4.75 Å². The lowest BCUT2D eigenvalue weighted by Gasteiger charge is -2.47. The lowest BCUT2D eigenvalue weighted by Crippen LogP contribution is -2.53. The van der Waals surface area contributed by atoms with E-state index in [0.717, 1.165) is 17.8 Å². The number of terminal acetylenes is 1. The highest BCUT2D eigenvalue weighted by Crippen LogP contribution is 2.52. The lowest BCUT2D eigenvalue weighted by molar-refractivity contribution is 0.0107. The molecular weight excluding hydrogens is 566 g/mol. The Morgan fingerprint density at radius 1 is 1.36 bits per heavy atom. The van der Waals surface area contributed by atoms with Crippen molar-refractivity contribution in [3.8, 4) is 12.3 Å². The number of carbonyl (C=O) groups excluding carboxylic acids is 1. The van der Waals surface area contributed by atoms with E-state index in [4.69, 9.17) is 20.9 Å². The molecule has 0 saturated heterocycles. The molecule has 0 spiro atoms. The van der Waals surface area contributed by atoms with E-state index >= 15 is 8.78 Å². The number of alkyl halides is 1. The first-order chi connectivity index (χ1) is 16.5. The maximum absolute atomic E-state index is 15.1. The predicted molar refractivity (Wildman–Crippen MR) is 150 cm³/mol. The van der Waals surface area contributed by atoms with E-state index < -0.39 is 48.5 Å². The van der Waals surface area contributed by atoms with Crippen molar-refractivity contribution < 1.29 is 23.0 Å². The van der Waals surface area contributed by atoms with Crippen LogP contribution in [0.1, 0.15) is 40.2 Å². The molecule has 0 unspecified atom stereocenters. The number of ether oxygens (including phenoxy) is 2. The van der Waals surface area contributed by atoms with Crippen molar-refractivity contribution in [3.05, 3.63) is 34.1 Å². The molecule has 5 nitrogen and oxygen atoms in total. The molecule has 1 aromatic carbocycles. The zero-order chi connectivity index (χ0) is 27.5. The number of benzene rings is 1. The van der Waals surface area contributed by atoms with Crippen molar-refractivity contribution in [2.75, 3.05) is 20.0 Å². The summed E-state index contributed by atoms with van der Waals surface area (Å²) in [6.07, 6.45) is 5.25. The number of carbonyl (C=O) groups is 1. The SMILES string of the molecule is C#C[C@@]1(C)SC(N(COCC[Si](C)(C)C)C(=O)OC(C)(C)C)=N[C@](CF)(c2cc(Br)ccc2F)[C@@H]1C. The molecule has 1 aliphatic heterocycles. The van der Waals surface area contributed by atoms with Gasteiger partial charge in [0.25, 0.3) is 0 Å². The summed E-state index contributed by atoms with van der Waals surface area (Å²) in [6, 6.07) is 5.21. The van der Waals surface area contributed by atoms with Gasteiger partial charge < -0.3 is 9.47 Å². The molecule has 2 rings (SSSR count). The lowest BCUT2D eigenvalue weighted by atomic mass is 9.73. The molecule has 1 amide bonds. The Balaban J connectivity index is 2.64. The minimum Gasteiger partial charge on any atom is -0.443 e. The number of rotatable bonds is 7. The molecule has 0 bridgehead atoms. The zero-order valence-electron chi connectivity index (χ0n) is 22.4. The van der Waals surface area contributed by atoms with Gasteiger partial charge >= 0.3 is 6.09 Å². The summed E-state index contributed by atoms with van der Waals surface area (Å²) in [5, 5.41) is 0.132. The largest absolute Gasteiger partial charge is 0.443 e. The van der Waals surface area contributed by atoms with Crippen molar-refractivity contribution in [2.24, 2.45) is 10.9 Å². The first-order valence-electron chi connectivity index (χ1n) is 11.8. The molecule has 36 heavy (non-hydrogen) atoms. The third-order valence-electron chi connectivity index (χ3n) is 6.09. The maximum atomic E-state index is 15.1. The van der Waals surface area contributed by atoms with Gasteiger partial charge in [-0.3, -0.25) is 0 Å². The molecule has 0 N–H and O–H groups in total. The van der Waals surface area contributed by atoms with E-state index in [1.165, 1.54) is 23.1 Å². The quantitative estimate of drug-likeness (QED) is 0.141. The van der Waals surface area contributed by atoms with Crippen LogP contribution in [-0.2, 0) is 15.0 Å². The Hall–Kier alpha value is -1.41. The van der Waals surface area contributed by atoms with E-state index in [0.29, 0.717) is 11.1 Å². The van der Waals surface area contributed by atoms with Crippen LogP contribution in [0.25, 0.3) is 0 Å². The van der Waals surface area contributed by atoms with Crippen LogP contribution in [0.2, 0.25) is 25.7 Å². The molecule has 1 aromatic rings. The third-order valence-corrected chi connectivity index (χ3v) is 9.67. The first-order valence-corrected chi connectivity index (χ1v) is 17.2. The Labute approximate surface area is 227 Å². The Bertz CT molecular complexity index is 1040. The van der Waals surface area contributed by atoms with Gasteiger partial charge in [0.2, 0.25) is 0 Å². The third kappa shape index (κ3) is 7.33. The van der Waals surface area contributed by atoms with E-state index in [1.54, 1.807) is 34.6 Å². The minimum absolute atomic E-state index is 0.0648. The van der Waals surface area contributed by atoms with Crippen LogP contribution < -0.4 is 0 Å². The fraction of sp³-hybridized carbons (Fsp3) is 0.615. The molecule has 0 aromatic heterocycles. The number of thioether (sulfide) groups is 1. The average molecular weight is 604 g/mol. The average Bonchev–Trinajstić information content (AvgIpc) is 2.75. The van der Waals surface area contributed by atoms with E-state index in [1.807, 2.05) is 0 Å². The normalized spacial score (nSPS) is 24.6. The molecule has 0 fully saturated rings. The first kappa shape index (κ1) is 30.8. The van der Waals surface area contributed by atoms with Gasteiger partial charge in [-0.2, -0.15) is 0 Å². The van der Waals surface area contributed by atoms with Gasteiger partial charge in [-0.05, 0) is 51.9 Å². The van der Waals surface area contributed by atoms with Crippen LogP contribution in [0.15, 0.2) is 27.7 Å². The number of amides is 1. The predicted octanol–water partition coefficient (Wildman–Crippen LogP) is 7.43. The zero-order valence-corrected chi connectivity index (χ0v) is 25.8. The molecule has 3 atom stereocenters. The van der Waals surface area contributed by atoms with Gasteiger partial charge in [0, 0.05) is 30.6 Å². The van der Waals surface area contributed by atoms with Crippen molar-refractivity contribution in [1.29, 1.82) is 0 Å². The molecule has 0 aliphatic carbocycles. The molecule has 10 heteroatoms. The monoisotopic (exact) mass is 602 g/mol. The standard InChI is InChI=1S/C26H37BrF2N2O3SSi/c1-10-25(6)18(2)26(16-28,20-15-19(27)11-12-21(20)29)30-22(35-25)31(23(32)34-24(3,4)5)17-33-13-14-36(7,8)9/h1,11-12,15,18H,13-14,16-17H2,2-9H3/t18-,25-,26+/m1/s1. The molecule has 0 radical (unpaired) electrons. The summed E-state index contributed by atoms with van der Waals surface area (Å²) >= 11 is 4.51. The Morgan fingerprint density at radius 3 is 2.53 bits per heavy atom. The van der Waals surface area contributed by atoms with Crippen molar-refractivity contribution in [1.82, 2.24) is 4.90 Å². The minimum atomic E-state index is -1.66. The van der Waals surface area contributed by atoms with Crippen LogP contribution >= 0.6 is 27.7 Å². The number of amidine groups is 1. The van der Waals surface area contributed by atoms with Crippen LogP contribution in [0.5, 0.6) is 0 Å². The topological polar surface area (TPSA) is 51.1 Å². The molecule has 0 saturated carbocycles. The fourth-order valence-electron chi connectivity index (χ4n) is 3.67. The second kappa shape index (κ2) is 11.5. The summed E-state index contributed by atoms with van der Waals surface area (Å²) < 4.78 is 41.3. The van der Waals surface area contributed by atoms with Gasteiger partial charge in [-0.25, -0.2) is 23.5 Å². The van der Waals surface area contributed by atoms with Crippen molar-refractivity contribution in [3.63, 3.8) is 0 Å². The maximum Gasteiger partial charge on any atom is 0.418 e. The van der Waals surface area contributed by atoms with Gasteiger partial charge in [-0.1, -0.05) is 60.2 Å². The summed E-state index contributed by atoms with van der Waals surface area (Å²) in [5.74, 6) is 1.54. The molecule has 1 aliphatic rings. The van der Waals surface area contributed by atoms with Gasteiger partial charge in [0.15, 0.2) is 5.17 Å². The van der Waals surface area contributed by atoms with E-state index in [9.17, 15) is 4.79 Å². The number of nitrogens with zero attached hydrogens (tertiary/aromatic N) is 2. The number of halogens is 3. The second-order valence-electron chi connectivity index (χ2n) is 11.4. The van der Waals surface area contributed by atoms with E-state index in [-0.39, 0.29) is 17.5 Å². The Kier molecular flexibility index (Phi) is 9.88. The Morgan fingerprint density at radius 2 is 2.00 bits per heavy atom. The van der Waals surface area contributed by atoms with Gasteiger partial charge in [-0.15, -0.1) is 6.42 Å². The molecule has 200 valence electrons. The van der Waals surface area contributed by atoms with Crippen LogP contribution in [0.4, 0.5) is 13.6 Å². The second-order valence-corrected chi connectivity index (χ2v) is 19.4. The van der Waals surface area contributed by atoms with Crippen molar-refractivity contribution >= 4 is 47.0 Å². The summed E-state index contributed by atoms with van der Waals surface area (Å²) in [4.78, 5) is 19.2. The number of aliphatic imine (C=N–C) groups is 1. The summed E-state index contributed by atoms with van der Waals surface area (Å²) in [5.41, 5.74) is -2.38. The highest BCUT2D eigenvalue weighted by molar-refractivity contribution is 9.10. The fourth-order valence-corrected chi connectivity index (χ4v) is 6.05. The molecule has 1 heterocycles. The highest BCUT2D eigenvalue weighted by atomic mass is 79.9. The smallest absolute Gasteiger partial charge is 0.418 e. The summed E-state index contributed by atoms with van der Waals surface area (Å²) in [7, 11) is -1.37. The van der Waals surface area contributed by atoms with Crippen molar-refractivity contribution in [2.45, 2.75) is 76.2 Å². The van der Waals surface area contributed by atoms with Crippen LogP contribution in [-0.4, -0.2) is 54.6 Å². The van der Waals surface area contributed by atoms with Crippen LogP contribution in [0.3, 0.4) is 0 Å². The number of hydrogen-bond donors (Lipinski definition) is 0.